The molecule has 4 nitrogen and oxygen atoms in total. The van der Waals surface area contributed by atoms with Gasteiger partial charge in [0.25, 0.3) is 5.91 Å². The van der Waals surface area contributed by atoms with Crippen LogP contribution in [-0.2, 0) is 0 Å². The Kier molecular flexibility index (Phi) is 9.54. The minimum absolute atomic E-state index is 0.0741. The molecule has 1 aromatic carbocycles. The first-order valence-electron chi connectivity index (χ1n) is 10.5. The lowest BCUT2D eigenvalue weighted by Gasteiger charge is -2.30. The van der Waals surface area contributed by atoms with Crippen LogP contribution in [0.3, 0.4) is 0 Å². The van der Waals surface area contributed by atoms with E-state index in [9.17, 15) is 4.79 Å². The second-order valence-corrected chi connectivity index (χ2v) is 7.78. The third kappa shape index (κ3) is 7.36. The Bertz CT molecular complexity index is 497. The monoisotopic (exact) mass is 360 g/mol. The van der Waals surface area contributed by atoms with Crippen molar-refractivity contribution in [1.82, 2.24) is 5.32 Å². The van der Waals surface area contributed by atoms with Crippen LogP contribution in [-0.4, -0.2) is 24.1 Å². The lowest BCUT2D eigenvalue weighted by molar-refractivity contribution is 0.0998. The maximum atomic E-state index is 10.5. The zero-order valence-corrected chi connectivity index (χ0v) is 16.1. The van der Waals surface area contributed by atoms with E-state index in [1.807, 2.05) is 0 Å². The number of nitrogens with one attached hydrogen (secondary N) is 1. The van der Waals surface area contributed by atoms with Crippen LogP contribution in [0.4, 0.5) is 0 Å². The van der Waals surface area contributed by atoms with Gasteiger partial charge in [-0.3, -0.25) is 4.79 Å². The molecule has 2 fully saturated rings. The van der Waals surface area contributed by atoms with Crippen molar-refractivity contribution in [3.63, 3.8) is 0 Å². The number of aromatic hydroxyl groups is 1. The summed E-state index contributed by atoms with van der Waals surface area (Å²) < 4.78 is 0. The lowest BCUT2D eigenvalue weighted by atomic mass is 9.77. The molecule has 1 saturated carbocycles. The third-order valence-corrected chi connectivity index (χ3v) is 5.86. The SMILES string of the molecule is C1CCCC(C2CCCCNCC2)CCC1.NC(=O)c1ccccc1O. The van der Waals surface area contributed by atoms with Crippen molar-refractivity contribution in [3.05, 3.63) is 29.8 Å². The number of amides is 1. The van der Waals surface area contributed by atoms with Gasteiger partial charge in [0, 0.05) is 0 Å². The van der Waals surface area contributed by atoms with E-state index in [-0.39, 0.29) is 11.3 Å². The zero-order chi connectivity index (χ0) is 18.6. The minimum Gasteiger partial charge on any atom is -0.507 e. The molecule has 0 radical (unpaired) electrons. The van der Waals surface area contributed by atoms with Crippen LogP contribution in [0, 0.1) is 11.8 Å². The Labute approximate surface area is 158 Å². The molecule has 1 aromatic rings. The van der Waals surface area contributed by atoms with Crippen LogP contribution < -0.4 is 11.1 Å². The second kappa shape index (κ2) is 11.9. The van der Waals surface area contributed by atoms with E-state index in [2.05, 4.69) is 5.32 Å². The van der Waals surface area contributed by atoms with Crippen molar-refractivity contribution >= 4 is 5.91 Å². The molecule has 26 heavy (non-hydrogen) atoms. The molecule has 0 spiro atoms. The normalized spacial score (nSPS) is 22.7. The Morgan fingerprint density at radius 3 is 2.04 bits per heavy atom. The van der Waals surface area contributed by atoms with Gasteiger partial charge in [-0.25, -0.2) is 0 Å². The number of nitrogens with two attached hydrogens (primary N) is 1. The van der Waals surface area contributed by atoms with E-state index >= 15 is 0 Å². The average Bonchev–Trinajstić information content (AvgIpc) is 2.56. The highest BCUT2D eigenvalue weighted by Gasteiger charge is 2.22. The summed E-state index contributed by atoms with van der Waals surface area (Å²) in [4.78, 5) is 10.5. The summed E-state index contributed by atoms with van der Waals surface area (Å²) in [6.45, 7) is 2.54. The molecule has 1 saturated heterocycles. The number of benzene rings is 1. The predicted molar refractivity (Wildman–Crippen MR) is 107 cm³/mol. The largest absolute Gasteiger partial charge is 0.507 e. The van der Waals surface area contributed by atoms with Gasteiger partial charge >= 0.3 is 0 Å². The number of carbonyl (C=O) groups excluding carboxylic acids is 1. The van der Waals surface area contributed by atoms with Gasteiger partial charge in [0.15, 0.2) is 0 Å². The molecule has 4 heteroatoms. The smallest absolute Gasteiger partial charge is 0.252 e. The summed E-state index contributed by atoms with van der Waals surface area (Å²) in [5, 5.41) is 12.6. The van der Waals surface area contributed by atoms with Gasteiger partial charge in [0.1, 0.15) is 5.75 Å². The van der Waals surface area contributed by atoms with E-state index in [4.69, 9.17) is 10.8 Å². The van der Waals surface area contributed by atoms with Crippen LogP contribution in [0.2, 0.25) is 0 Å². The van der Waals surface area contributed by atoms with Gasteiger partial charge in [-0.2, -0.15) is 0 Å². The van der Waals surface area contributed by atoms with Crippen molar-refractivity contribution in [2.24, 2.45) is 17.6 Å². The molecule has 1 amide bonds. The summed E-state index contributed by atoms with van der Waals surface area (Å²) >= 11 is 0. The standard InChI is InChI=1S/C15H29N.C7H7NO2/c1-2-4-8-14(9-5-3-1)15-10-6-7-12-16-13-11-15;8-7(10)5-3-1-2-4-6(5)9/h14-16H,1-13H2;1-4,9H,(H2,8,10). The number of phenols is 1. The summed E-state index contributed by atoms with van der Waals surface area (Å²) in [6, 6.07) is 6.15. The summed E-state index contributed by atoms with van der Waals surface area (Å²) in [7, 11) is 0. The highest BCUT2D eigenvalue weighted by molar-refractivity contribution is 5.95. The first-order valence-corrected chi connectivity index (χ1v) is 10.5. The molecule has 0 aromatic heterocycles. The van der Waals surface area contributed by atoms with Crippen LogP contribution >= 0.6 is 0 Å². The molecule has 2 aliphatic rings. The van der Waals surface area contributed by atoms with Gasteiger partial charge in [0.05, 0.1) is 5.56 Å². The van der Waals surface area contributed by atoms with Crippen molar-refractivity contribution in [3.8, 4) is 5.75 Å². The molecule has 1 atom stereocenters. The van der Waals surface area contributed by atoms with E-state index in [0.717, 1.165) is 11.8 Å². The van der Waals surface area contributed by atoms with Gasteiger partial charge < -0.3 is 16.2 Å². The first-order chi connectivity index (χ1) is 12.7. The van der Waals surface area contributed by atoms with Crippen molar-refractivity contribution in [2.45, 2.75) is 70.6 Å². The molecule has 3 rings (SSSR count). The number of primary amides is 1. The van der Waals surface area contributed by atoms with Gasteiger partial charge in [-0.1, -0.05) is 69.9 Å². The van der Waals surface area contributed by atoms with Crippen molar-refractivity contribution in [2.75, 3.05) is 13.1 Å². The number of hydrogen-bond acceptors (Lipinski definition) is 3. The summed E-state index contributed by atoms with van der Waals surface area (Å²) in [6.07, 6.45) is 16.4. The summed E-state index contributed by atoms with van der Waals surface area (Å²) in [5.41, 5.74) is 5.07. The molecule has 0 bridgehead atoms. The predicted octanol–water partition coefficient (Wildman–Crippen LogP) is 4.62. The fourth-order valence-electron chi connectivity index (χ4n) is 4.33. The molecule has 1 aliphatic carbocycles. The number of hydrogen-bond donors (Lipinski definition) is 3. The fraction of sp³-hybridized carbons (Fsp3) is 0.682. The third-order valence-electron chi connectivity index (χ3n) is 5.86. The molecule has 4 N–H and O–H groups in total. The van der Waals surface area contributed by atoms with E-state index < -0.39 is 5.91 Å². The molecular formula is C22H36N2O2. The first kappa shape index (κ1) is 20.8. The van der Waals surface area contributed by atoms with Crippen LogP contribution in [0.15, 0.2) is 24.3 Å². The van der Waals surface area contributed by atoms with Crippen molar-refractivity contribution < 1.29 is 9.90 Å². The molecule has 1 aliphatic heterocycles. The Morgan fingerprint density at radius 1 is 0.846 bits per heavy atom. The molecule has 1 heterocycles. The second-order valence-electron chi connectivity index (χ2n) is 7.78. The summed E-state index contributed by atoms with van der Waals surface area (Å²) in [5.74, 6) is 1.43. The van der Waals surface area contributed by atoms with Gasteiger partial charge in [-0.05, 0) is 49.9 Å². The van der Waals surface area contributed by atoms with Crippen LogP contribution in [0.1, 0.15) is 81.0 Å². The maximum Gasteiger partial charge on any atom is 0.252 e. The highest BCUT2D eigenvalue weighted by atomic mass is 16.3. The zero-order valence-electron chi connectivity index (χ0n) is 16.1. The van der Waals surface area contributed by atoms with E-state index in [0.29, 0.717) is 0 Å². The molecular weight excluding hydrogens is 324 g/mol. The van der Waals surface area contributed by atoms with Gasteiger partial charge in [-0.15, -0.1) is 0 Å². The quantitative estimate of drug-likeness (QED) is 0.720. The topological polar surface area (TPSA) is 75.3 Å². The van der Waals surface area contributed by atoms with E-state index in [1.165, 1.54) is 95.9 Å². The maximum absolute atomic E-state index is 10.5. The van der Waals surface area contributed by atoms with Crippen LogP contribution in [0.5, 0.6) is 5.75 Å². The Morgan fingerprint density at radius 2 is 1.42 bits per heavy atom. The lowest BCUT2D eigenvalue weighted by Crippen LogP contribution is -2.26. The Balaban J connectivity index is 0.000000209. The van der Waals surface area contributed by atoms with Crippen molar-refractivity contribution in [1.29, 1.82) is 0 Å². The number of rotatable bonds is 2. The molecule has 146 valence electrons. The minimum atomic E-state index is -0.613. The van der Waals surface area contributed by atoms with Gasteiger partial charge in [0.2, 0.25) is 0 Å². The van der Waals surface area contributed by atoms with Crippen LogP contribution in [0.25, 0.3) is 0 Å². The van der Waals surface area contributed by atoms with E-state index in [1.54, 1.807) is 12.1 Å². The number of para-hydroxylation sites is 1. The fourth-order valence-corrected chi connectivity index (χ4v) is 4.33. The number of carbonyl (C=O) groups is 1. The average molecular weight is 361 g/mol. The highest BCUT2D eigenvalue weighted by Crippen LogP contribution is 2.33. The molecule has 1 unspecified atom stereocenters. The Hall–Kier alpha value is -1.55.